The van der Waals surface area contributed by atoms with Gasteiger partial charge in [0.05, 0.1) is 6.61 Å². The fraction of sp³-hybridized carbons (Fsp3) is 0.444. The molecule has 0 fully saturated rings. The third-order valence-corrected chi connectivity index (χ3v) is 3.10. The highest BCUT2D eigenvalue weighted by Crippen LogP contribution is 2.25. The van der Waals surface area contributed by atoms with Gasteiger partial charge in [0.1, 0.15) is 5.75 Å². The molecule has 0 aliphatic rings. The second-order valence-electron chi connectivity index (χ2n) is 5.32. The van der Waals surface area contributed by atoms with Crippen molar-refractivity contribution in [2.24, 2.45) is 0 Å². The average molecular weight is 304 g/mol. The summed E-state index contributed by atoms with van der Waals surface area (Å²) in [6, 6.07) is 7.36. The normalized spacial score (nSPS) is 10.9. The summed E-state index contributed by atoms with van der Waals surface area (Å²) < 4.78 is 10.2. The molecule has 0 saturated carbocycles. The van der Waals surface area contributed by atoms with Crippen LogP contribution in [-0.2, 0) is 14.3 Å². The summed E-state index contributed by atoms with van der Waals surface area (Å²) in [7, 11) is 0. The highest BCUT2D eigenvalue weighted by Gasteiger charge is 2.09. The number of benzene rings is 1. The van der Waals surface area contributed by atoms with Crippen molar-refractivity contribution < 1.29 is 19.1 Å². The first-order valence-electron chi connectivity index (χ1n) is 7.70. The maximum atomic E-state index is 11.8. The lowest BCUT2D eigenvalue weighted by Gasteiger charge is -2.11. The summed E-state index contributed by atoms with van der Waals surface area (Å²) in [5.74, 6) is -0.344. The van der Waals surface area contributed by atoms with Gasteiger partial charge in [-0.3, -0.25) is 0 Å². The number of esters is 2. The molecule has 0 radical (unpaired) electrons. The predicted octanol–water partition coefficient (Wildman–Crippen LogP) is 4.01. The van der Waals surface area contributed by atoms with Crippen LogP contribution in [0.25, 0.3) is 0 Å². The number of rotatable bonds is 8. The van der Waals surface area contributed by atoms with Gasteiger partial charge in [0.25, 0.3) is 0 Å². The maximum Gasteiger partial charge on any atom is 0.336 e. The first-order chi connectivity index (χ1) is 10.5. The van der Waals surface area contributed by atoms with Gasteiger partial charge in [-0.25, -0.2) is 9.59 Å². The largest absolute Gasteiger partial charge is 0.463 e. The zero-order chi connectivity index (χ0) is 16.4. The van der Waals surface area contributed by atoms with Gasteiger partial charge in [-0.15, -0.1) is 0 Å². The second-order valence-corrected chi connectivity index (χ2v) is 5.32. The van der Waals surface area contributed by atoms with Crippen molar-refractivity contribution in [3.05, 3.63) is 42.0 Å². The van der Waals surface area contributed by atoms with E-state index in [1.165, 1.54) is 0 Å². The third kappa shape index (κ3) is 6.57. The number of unbranched alkanes of at least 4 members (excludes halogenated alkanes) is 2. The quantitative estimate of drug-likeness (QED) is 0.315. The van der Waals surface area contributed by atoms with Gasteiger partial charge in [0.15, 0.2) is 0 Å². The molecule has 120 valence electrons. The molecular weight excluding hydrogens is 280 g/mol. The molecule has 0 amide bonds. The van der Waals surface area contributed by atoms with Crippen LogP contribution in [0.2, 0.25) is 0 Å². The predicted molar refractivity (Wildman–Crippen MR) is 85.8 cm³/mol. The van der Waals surface area contributed by atoms with Gasteiger partial charge in [0.2, 0.25) is 0 Å². The van der Waals surface area contributed by atoms with E-state index in [9.17, 15) is 9.59 Å². The Morgan fingerprint density at radius 1 is 1.09 bits per heavy atom. The summed E-state index contributed by atoms with van der Waals surface area (Å²) in [6.45, 7) is 6.50. The van der Waals surface area contributed by atoms with E-state index in [1.54, 1.807) is 12.1 Å². The molecule has 0 aromatic heterocycles. The molecule has 4 nitrogen and oxygen atoms in total. The maximum absolute atomic E-state index is 11.8. The summed E-state index contributed by atoms with van der Waals surface area (Å²) in [5, 5.41) is 0. The van der Waals surface area contributed by atoms with Crippen LogP contribution in [0.1, 0.15) is 51.5 Å². The summed E-state index contributed by atoms with van der Waals surface area (Å²) in [6.07, 6.45) is 5.12. The van der Waals surface area contributed by atoms with E-state index >= 15 is 0 Å². The van der Waals surface area contributed by atoms with Crippen LogP contribution in [-0.4, -0.2) is 18.5 Å². The molecule has 0 N–H and O–H groups in total. The lowest BCUT2D eigenvalue weighted by atomic mass is 10.0. The van der Waals surface area contributed by atoms with Crippen LogP contribution in [0.3, 0.4) is 0 Å². The van der Waals surface area contributed by atoms with E-state index in [-0.39, 0.29) is 5.92 Å². The standard InChI is InChI=1S/C18H24O4/c1-4-5-8-13-21-17(19)11-12-18(20)22-16-10-7-6-9-15(16)14(2)3/h6-7,9-12,14H,4-5,8,13H2,1-3H3/b12-11+. The number of carbonyl (C=O) groups is 2. The van der Waals surface area contributed by atoms with Crippen LogP contribution in [0.15, 0.2) is 36.4 Å². The van der Waals surface area contributed by atoms with Gasteiger partial charge in [-0.05, 0) is 24.0 Å². The number of carbonyl (C=O) groups excluding carboxylic acids is 2. The number of ether oxygens (including phenoxy) is 2. The molecule has 1 rings (SSSR count). The first kappa shape index (κ1) is 18.0. The smallest absolute Gasteiger partial charge is 0.336 e. The minimum Gasteiger partial charge on any atom is -0.463 e. The minimum absolute atomic E-state index is 0.247. The molecule has 4 heteroatoms. The highest BCUT2D eigenvalue weighted by atomic mass is 16.5. The molecular formula is C18H24O4. The molecule has 22 heavy (non-hydrogen) atoms. The lowest BCUT2D eigenvalue weighted by Crippen LogP contribution is -2.08. The highest BCUT2D eigenvalue weighted by molar-refractivity contribution is 5.92. The summed E-state index contributed by atoms with van der Waals surface area (Å²) in [4.78, 5) is 23.2. The molecule has 1 aromatic carbocycles. The van der Waals surface area contributed by atoms with Crippen molar-refractivity contribution in [3.63, 3.8) is 0 Å². The van der Waals surface area contributed by atoms with Crippen LogP contribution >= 0.6 is 0 Å². The molecule has 1 aromatic rings. The van der Waals surface area contributed by atoms with Gasteiger partial charge in [0, 0.05) is 12.2 Å². The molecule has 0 bridgehead atoms. The Labute approximate surface area is 132 Å². The fourth-order valence-corrected chi connectivity index (χ4v) is 1.90. The third-order valence-electron chi connectivity index (χ3n) is 3.10. The van der Waals surface area contributed by atoms with Crippen molar-refractivity contribution in [1.29, 1.82) is 0 Å². The molecule has 0 saturated heterocycles. The van der Waals surface area contributed by atoms with Crippen molar-refractivity contribution in [3.8, 4) is 5.75 Å². The Morgan fingerprint density at radius 2 is 1.77 bits per heavy atom. The summed E-state index contributed by atoms with van der Waals surface area (Å²) in [5.41, 5.74) is 0.950. The van der Waals surface area contributed by atoms with Crippen LogP contribution in [0, 0.1) is 0 Å². The molecule has 0 unspecified atom stereocenters. The lowest BCUT2D eigenvalue weighted by molar-refractivity contribution is -0.138. The average Bonchev–Trinajstić information content (AvgIpc) is 2.50. The zero-order valence-electron chi connectivity index (χ0n) is 13.5. The molecule has 0 atom stereocenters. The molecule has 0 spiro atoms. The minimum atomic E-state index is -0.585. The van der Waals surface area contributed by atoms with E-state index in [0.29, 0.717) is 12.4 Å². The van der Waals surface area contributed by atoms with Crippen LogP contribution < -0.4 is 4.74 Å². The molecule has 0 heterocycles. The molecule has 0 aliphatic carbocycles. The van der Waals surface area contributed by atoms with Crippen LogP contribution in [0.4, 0.5) is 0 Å². The monoisotopic (exact) mass is 304 g/mol. The Balaban J connectivity index is 2.49. The number of para-hydroxylation sites is 1. The Bertz CT molecular complexity index is 518. The van der Waals surface area contributed by atoms with Crippen molar-refractivity contribution in [2.75, 3.05) is 6.61 Å². The fourth-order valence-electron chi connectivity index (χ4n) is 1.90. The van der Waals surface area contributed by atoms with Crippen molar-refractivity contribution in [2.45, 2.75) is 46.0 Å². The zero-order valence-corrected chi connectivity index (χ0v) is 13.5. The van der Waals surface area contributed by atoms with Gasteiger partial charge in [-0.2, -0.15) is 0 Å². The van der Waals surface area contributed by atoms with E-state index < -0.39 is 11.9 Å². The number of hydrogen-bond donors (Lipinski definition) is 0. The Kier molecular flexibility index (Phi) is 7.97. The van der Waals surface area contributed by atoms with Gasteiger partial charge in [-0.1, -0.05) is 51.8 Å². The Hall–Kier alpha value is -2.10. The van der Waals surface area contributed by atoms with Crippen molar-refractivity contribution >= 4 is 11.9 Å². The first-order valence-corrected chi connectivity index (χ1v) is 7.70. The van der Waals surface area contributed by atoms with E-state index in [1.807, 2.05) is 26.0 Å². The van der Waals surface area contributed by atoms with Crippen LogP contribution in [0.5, 0.6) is 5.75 Å². The van der Waals surface area contributed by atoms with Crippen molar-refractivity contribution in [1.82, 2.24) is 0 Å². The second kappa shape index (κ2) is 9.77. The van der Waals surface area contributed by atoms with E-state index in [0.717, 1.165) is 37.0 Å². The van der Waals surface area contributed by atoms with Gasteiger partial charge < -0.3 is 9.47 Å². The number of hydrogen-bond acceptors (Lipinski definition) is 4. The SMILES string of the molecule is CCCCCOC(=O)/C=C/C(=O)Oc1ccccc1C(C)C. The summed E-state index contributed by atoms with van der Waals surface area (Å²) >= 11 is 0. The Morgan fingerprint density at radius 3 is 2.45 bits per heavy atom. The topological polar surface area (TPSA) is 52.6 Å². The van der Waals surface area contributed by atoms with Gasteiger partial charge >= 0.3 is 11.9 Å². The molecule has 0 aliphatic heterocycles. The van der Waals surface area contributed by atoms with E-state index in [4.69, 9.17) is 9.47 Å². The van der Waals surface area contributed by atoms with E-state index in [2.05, 4.69) is 6.92 Å².